The van der Waals surface area contributed by atoms with E-state index in [1.54, 1.807) is 13.0 Å². The Morgan fingerprint density at radius 1 is 1.30 bits per heavy atom. The third-order valence-electron chi connectivity index (χ3n) is 3.58. The zero-order chi connectivity index (χ0) is 14.6. The summed E-state index contributed by atoms with van der Waals surface area (Å²) in [5.74, 6) is 0.513. The molecule has 1 saturated carbocycles. The molecule has 1 aromatic rings. The Morgan fingerprint density at radius 3 is 2.50 bits per heavy atom. The van der Waals surface area contributed by atoms with Crippen molar-refractivity contribution in [2.45, 2.75) is 57.4 Å². The third kappa shape index (κ3) is 4.57. The van der Waals surface area contributed by atoms with Crippen molar-refractivity contribution in [2.75, 3.05) is 6.54 Å². The summed E-state index contributed by atoms with van der Waals surface area (Å²) < 4.78 is 31.8. The van der Waals surface area contributed by atoms with Gasteiger partial charge in [0.1, 0.15) is 17.2 Å². The minimum Gasteiger partial charge on any atom is -0.361 e. The van der Waals surface area contributed by atoms with Gasteiger partial charge in [0, 0.05) is 18.2 Å². The SMILES string of the molecule is CCNC1CCC(NS(=O)(=O)Cc2cc(C)on2)CC1. The molecule has 0 saturated heterocycles. The largest absolute Gasteiger partial charge is 0.361 e. The fourth-order valence-electron chi connectivity index (χ4n) is 2.68. The van der Waals surface area contributed by atoms with Crippen molar-refractivity contribution in [1.29, 1.82) is 0 Å². The Balaban J connectivity index is 1.83. The van der Waals surface area contributed by atoms with Gasteiger partial charge in [0.25, 0.3) is 0 Å². The predicted octanol–water partition coefficient (Wildman–Crippen LogP) is 1.32. The minimum atomic E-state index is -3.34. The second-order valence-electron chi connectivity index (χ2n) is 5.41. The van der Waals surface area contributed by atoms with Crippen LogP contribution >= 0.6 is 0 Å². The fourth-order valence-corrected chi connectivity index (χ4v) is 4.03. The van der Waals surface area contributed by atoms with Crippen molar-refractivity contribution < 1.29 is 12.9 Å². The van der Waals surface area contributed by atoms with Crippen molar-refractivity contribution in [2.24, 2.45) is 0 Å². The zero-order valence-electron chi connectivity index (χ0n) is 12.1. The van der Waals surface area contributed by atoms with E-state index in [0.717, 1.165) is 32.2 Å². The van der Waals surface area contributed by atoms with Crippen LogP contribution in [0.25, 0.3) is 0 Å². The molecule has 1 fully saturated rings. The molecule has 1 aliphatic carbocycles. The summed E-state index contributed by atoms with van der Waals surface area (Å²) in [7, 11) is -3.34. The first-order valence-corrected chi connectivity index (χ1v) is 8.79. The highest BCUT2D eigenvalue weighted by atomic mass is 32.2. The Bertz CT molecular complexity index is 519. The first kappa shape index (κ1) is 15.5. The molecular weight excluding hydrogens is 278 g/mol. The summed E-state index contributed by atoms with van der Waals surface area (Å²) in [6, 6.07) is 2.23. The van der Waals surface area contributed by atoms with Crippen LogP contribution in [-0.4, -0.2) is 32.2 Å². The van der Waals surface area contributed by atoms with E-state index in [4.69, 9.17) is 4.52 Å². The lowest BCUT2D eigenvalue weighted by Crippen LogP contribution is -2.42. The van der Waals surface area contributed by atoms with Gasteiger partial charge in [-0.3, -0.25) is 0 Å². The van der Waals surface area contributed by atoms with Gasteiger partial charge in [-0.2, -0.15) is 0 Å². The van der Waals surface area contributed by atoms with E-state index in [-0.39, 0.29) is 11.8 Å². The Kier molecular flexibility index (Phi) is 5.17. The monoisotopic (exact) mass is 301 g/mol. The molecule has 0 radical (unpaired) electrons. The highest BCUT2D eigenvalue weighted by Gasteiger charge is 2.25. The van der Waals surface area contributed by atoms with Gasteiger partial charge in [-0.15, -0.1) is 0 Å². The summed E-state index contributed by atoms with van der Waals surface area (Å²) in [6.07, 6.45) is 3.80. The van der Waals surface area contributed by atoms with Crippen LogP contribution in [0.4, 0.5) is 0 Å². The lowest BCUT2D eigenvalue weighted by molar-refractivity contribution is 0.333. The number of sulfonamides is 1. The summed E-state index contributed by atoms with van der Waals surface area (Å²) in [5, 5.41) is 7.14. The van der Waals surface area contributed by atoms with Crippen LogP contribution in [0.3, 0.4) is 0 Å². The second-order valence-corrected chi connectivity index (χ2v) is 7.17. The van der Waals surface area contributed by atoms with Gasteiger partial charge < -0.3 is 9.84 Å². The van der Waals surface area contributed by atoms with Crippen molar-refractivity contribution >= 4 is 10.0 Å². The number of nitrogens with zero attached hydrogens (tertiary/aromatic N) is 1. The molecule has 1 aliphatic rings. The second kappa shape index (κ2) is 6.69. The van der Waals surface area contributed by atoms with Crippen LogP contribution in [-0.2, 0) is 15.8 Å². The van der Waals surface area contributed by atoms with E-state index in [1.807, 2.05) is 0 Å². The van der Waals surface area contributed by atoms with E-state index in [9.17, 15) is 8.42 Å². The number of hydrogen-bond acceptors (Lipinski definition) is 5. The molecule has 1 heterocycles. The maximum atomic E-state index is 12.1. The van der Waals surface area contributed by atoms with Crippen LogP contribution < -0.4 is 10.0 Å². The van der Waals surface area contributed by atoms with Gasteiger partial charge in [-0.25, -0.2) is 13.1 Å². The molecule has 6 nitrogen and oxygen atoms in total. The molecule has 0 amide bonds. The molecule has 0 aromatic carbocycles. The van der Waals surface area contributed by atoms with E-state index in [1.165, 1.54) is 0 Å². The van der Waals surface area contributed by atoms with Gasteiger partial charge in [-0.05, 0) is 39.2 Å². The Hall–Kier alpha value is -0.920. The molecule has 114 valence electrons. The Morgan fingerprint density at radius 2 is 1.95 bits per heavy atom. The summed E-state index contributed by atoms with van der Waals surface area (Å²) in [5.41, 5.74) is 0.455. The van der Waals surface area contributed by atoms with E-state index in [0.29, 0.717) is 17.5 Å². The van der Waals surface area contributed by atoms with Crippen LogP contribution in [0.5, 0.6) is 0 Å². The van der Waals surface area contributed by atoms with Crippen LogP contribution in [0.2, 0.25) is 0 Å². The predicted molar refractivity (Wildman–Crippen MR) is 76.7 cm³/mol. The maximum absolute atomic E-state index is 12.1. The quantitative estimate of drug-likeness (QED) is 0.828. The zero-order valence-corrected chi connectivity index (χ0v) is 12.9. The third-order valence-corrected chi connectivity index (χ3v) is 4.95. The number of hydrogen-bond donors (Lipinski definition) is 2. The maximum Gasteiger partial charge on any atom is 0.217 e. The minimum absolute atomic E-state index is 0.0444. The standard InChI is InChI=1S/C13H23N3O3S/c1-3-14-11-4-6-12(7-5-11)16-20(17,18)9-13-8-10(2)19-15-13/h8,11-12,14,16H,3-7,9H2,1-2H3. The highest BCUT2D eigenvalue weighted by molar-refractivity contribution is 7.88. The molecule has 0 spiro atoms. The average Bonchev–Trinajstić information content (AvgIpc) is 2.76. The van der Waals surface area contributed by atoms with Gasteiger partial charge in [0.2, 0.25) is 10.0 Å². The van der Waals surface area contributed by atoms with Crippen molar-refractivity contribution in [3.63, 3.8) is 0 Å². The normalized spacial score (nSPS) is 23.9. The van der Waals surface area contributed by atoms with Crippen molar-refractivity contribution in [1.82, 2.24) is 15.2 Å². The fraction of sp³-hybridized carbons (Fsp3) is 0.769. The van der Waals surface area contributed by atoms with Gasteiger partial charge >= 0.3 is 0 Å². The molecule has 0 unspecified atom stereocenters. The van der Waals surface area contributed by atoms with Crippen LogP contribution in [0, 0.1) is 6.92 Å². The summed E-state index contributed by atoms with van der Waals surface area (Å²) in [4.78, 5) is 0. The van der Waals surface area contributed by atoms with Crippen LogP contribution in [0.1, 0.15) is 44.1 Å². The van der Waals surface area contributed by atoms with Gasteiger partial charge in [-0.1, -0.05) is 12.1 Å². The number of nitrogens with one attached hydrogen (secondary N) is 2. The highest BCUT2D eigenvalue weighted by Crippen LogP contribution is 2.19. The molecule has 2 N–H and O–H groups in total. The van der Waals surface area contributed by atoms with E-state index < -0.39 is 10.0 Å². The molecule has 0 aliphatic heterocycles. The lowest BCUT2D eigenvalue weighted by Gasteiger charge is -2.29. The summed E-state index contributed by atoms with van der Waals surface area (Å²) >= 11 is 0. The molecule has 2 rings (SSSR count). The number of aromatic nitrogens is 1. The molecular formula is C13H23N3O3S. The molecule has 20 heavy (non-hydrogen) atoms. The smallest absolute Gasteiger partial charge is 0.217 e. The molecule has 0 bridgehead atoms. The first-order valence-electron chi connectivity index (χ1n) is 7.14. The van der Waals surface area contributed by atoms with E-state index >= 15 is 0 Å². The molecule has 7 heteroatoms. The van der Waals surface area contributed by atoms with Crippen molar-refractivity contribution in [3.8, 4) is 0 Å². The summed E-state index contributed by atoms with van der Waals surface area (Å²) in [6.45, 7) is 4.81. The topological polar surface area (TPSA) is 84.2 Å². The van der Waals surface area contributed by atoms with E-state index in [2.05, 4.69) is 22.1 Å². The van der Waals surface area contributed by atoms with Crippen molar-refractivity contribution in [3.05, 3.63) is 17.5 Å². The number of aryl methyl sites for hydroxylation is 1. The van der Waals surface area contributed by atoms with Gasteiger partial charge in [0.05, 0.1) is 0 Å². The molecule has 1 aromatic heterocycles. The lowest BCUT2D eigenvalue weighted by atomic mass is 9.92. The Labute approximate surface area is 120 Å². The number of rotatable bonds is 6. The molecule has 0 atom stereocenters. The van der Waals surface area contributed by atoms with Crippen LogP contribution in [0.15, 0.2) is 10.6 Å². The average molecular weight is 301 g/mol. The first-order chi connectivity index (χ1) is 9.48. The van der Waals surface area contributed by atoms with Gasteiger partial charge in [0.15, 0.2) is 0 Å².